The number of rotatable bonds is 3. The molecule has 0 saturated heterocycles. The Labute approximate surface area is 121 Å². The van der Waals surface area contributed by atoms with E-state index in [-0.39, 0.29) is 12.7 Å². The fourth-order valence-corrected chi connectivity index (χ4v) is 2.28. The number of nitrogens with two attached hydrogens (primary N) is 1. The Balaban J connectivity index is 1.77. The van der Waals surface area contributed by atoms with Crippen LogP contribution in [0, 0.1) is 0 Å². The van der Waals surface area contributed by atoms with Crippen LogP contribution in [-0.4, -0.2) is 34.4 Å². The van der Waals surface area contributed by atoms with Gasteiger partial charge in [-0.2, -0.15) is 5.10 Å². The lowest BCUT2D eigenvalue weighted by Gasteiger charge is -2.18. The topological polar surface area (TPSA) is 82.6 Å². The summed E-state index contributed by atoms with van der Waals surface area (Å²) in [6, 6.07) is 5.62. The summed E-state index contributed by atoms with van der Waals surface area (Å²) < 4.78 is 12.1. The minimum absolute atomic E-state index is 0.176. The Morgan fingerprint density at radius 1 is 1.43 bits per heavy atom. The largest absolute Gasteiger partial charge is 0.454 e. The highest BCUT2D eigenvalue weighted by molar-refractivity contribution is 5.97. The lowest BCUT2D eigenvalue weighted by atomic mass is 10.2. The molecule has 0 aliphatic carbocycles. The van der Waals surface area contributed by atoms with Crippen LogP contribution in [0.2, 0.25) is 0 Å². The molecule has 21 heavy (non-hydrogen) atoms. The van der Waals surface area contributed by atoms with Crippen LogP contribution in [0.5, 0.6) is 11.5 Å². The molecule has 3 rings (SSSR count). The molecule has 2 aromatic rings. The molecule has 1 amide bonds. The molecule has 0 saturated carbocycles. The SMILES string of the molecule is CN(Cc1ccc2c(c1)OCO2)C(=O)c1c(N)cnn1C. The summed E-state index contributed by atoms with van der Waals surface area (Å²) in [5, 5.41) is 3.98. The zero-order valence-electron chi connectivity index (χ0n) is 11.9. The predicted octanol–water partition coefficient (Wildman–Crippen LogP) is 1.00. The Kier molecular flexibility index (Phi) is 3.17. The van der Waals surface area contributed by atoms with Crippen molar-refractivity contribution in [2.45, 2.75) is 6.54 Å². The molecule has 1 aromatic carbocycles. The van der Waals surface area contributed by atoms with Crippen LogP contribution in [0.3, 0.4) is 0 Å². The number of aromatic nitrogens is 2. The van der Waals surface area contributed by atoms with Crippen LogP contribution >= 0.6 is 0 Å². The number of fused-ring (bicyclic) bond motifs is 1. The van der Waals surface area contributed by atoms with Crippen molar-refractivity contribution in [1.29, 1.82) is 0 Å². The van der Waals surface area contributed by atoms with Crippen LogP contribution in [0.1, 0.15) is 16.1 Å². The van der Waals surface area contributed by atoms with Gasteiger partial charge in [0.15, 0.2) is 11.5 Å². The van der Waals surface area contributed by atoms with Crippen LogP contribution in [-0.2, 0) is 13.6 Å². The van der Waals surface area contributed by atoms with E-state index in [1.54, 1.807) is 19.0 Å². The minimum atomic E-state index is -0.176. The second kappa shape index (κ2) is 5.01. The maximum atomic E-state index is 12.4. The highest BCUT2D eigenvalue weighted by atomic mass is 16.7. The number of hydrogen-bond acceptors (Lipinski definition) is 5. The molecule has 0 radical (unpaired) electrons. The molecule has 0 atom stereocenters. The zero-order valence-corrected chi connectivity index (χ0v) is 11.9. The number of carbonyl (C=O) groups excluding carboxylic acids is 1. The van der Waals surface area contributed by atoms with Gasteiger partial charge in [0.2, 0.25) is 6.79 Å². The lowest BCUT2D eigenvalue weighted by Crippen LogP contribution is -2.28. The molecule has 110 valence electrons. The van der Waals surface area contributed by atoms with Crippen molar-refractivity contribution in [3.63, 3.8) is 0 Å². The van der Waals surface area contributed by atoms with Crippen LogP contribution in [0.4, 0.5) is 5.69 Å². The number of carbonyl (C=O) groups is 1. The third-order valence-electron chi connectivity index (χ3n) is 3.37. The van der Waals surface area contributed by atoms with Gasteiger partial charge in [-0.25, -0.2) is 0 Å². The Hall–Kier alpha value is -2.70. The van der Waals surface area contributed by atoms with Crippen molar-refractivity contribution < 1.29 is 14.3 Å². The molecule has 1 aliphatic rings. The monoisotopic (exact) mass is 288 g/mol. The van der Waals surface area contributed by atoms with Crippen LogP contribution < -0.4 is 15.2 Å². The molecule has 7 heteroatoms. The minimum Gasteiger partial charge on any atom is -0.454 e. The number of amides is 1. The summed E-state index contributed by atoms with van der Waals surface area (Å²) in [6.07, 6.45) is 1.47. The van der Waals surface area contributed by atoms with Gasteiger partial charge in [0, 0.05) is 20.6 Å². The van der Waals surface area contributed by atoms with Crippen molar-refractivity contribution in [3.8, 4) is 11.5 Å². The third kappa shape index (κ3) is 2.37. The summed E-state index contributed by atoms with van der Waals surface area (Å²) in [6.45, 7) is 0.680. The fraction of sp³-hybridized carbons (Fsp3) is 0.286. The first-order valence-corrected chi connectivity index (χ1v) is 6.47. The highest BCUT2D eigenvalue weighted by Gasteiger charge is 2.20. The Bertz CT molecular complexity index is 676. The van der Waals surface area contributed by atoms with E-state index < -0.39 is 0 Å². The smallest absolute Gasteiger partial charge is 0.274 e. The summed E-state index contributed by atoms with van der Waals surface area (Å²) in [7, 11) is 3.41. The van der Waals surface area contributed by atoms with E-state index in [0.29, 0.717) is 23.7 Å². The molecule has 1 aromatic heterocycles. The molecular weight excluding hydrogens is 272 g/mol. The number of nitrogens with zero attached hydrogens (tertiary/aromatic N) is 3. The maximum absolute atomic E-state index is 12.4. The first-order chi connectivity index (χ1) is 10.1. The normalized spacial score (nSPS) is 12.5. The molecule has 0 unspecified atom stereocenters. The lowest BCUT2D eigenvalue weighted by molar-refractivity contribution is 0.0775. The van der Waals surface area contributed by atoms with E-state index in [1.807, 2.05) is 18.2 Å². The molecule has 2 N–H and O–H groups in total. The predicted molar refractivity (Wildman–Crippen MR) is 76.0 cm³/mol. The van der Waals surface area contributed by atoms with Gasteiger partial charge in [-0.3, -0.25) is 9.48 Å². The van der Waals surface area contributed by atoms with Crippen molar-refractivity contribution >= 4 is 11.6 Å². The van der Waals surface area contributed by atoms with Gasteiger partial charge in [-0.05, 0) is 17.7 Å². The molecule has 0 spiro atoms. The van der Waals surface area contributed by atoms with Gasteiger partial charge >= 0.3 is 0 Å². The van der Waals surface area contributed by atoms with E-state index in [2.05, 4.69) is 5.10 Å². The number of benzene rings is 1. The highest BCUT2D eigenvalue weighted by Crippen LogP contribution is 2.32. The average Bonchev–Trinajstić information content (AvgIpc) is 3.04. The maximum Gasteiger partial charge on any atom is 0.274 e. The number of hydrogen-bond donors (Lipinski definition) is 1. The van der Waals surface area contributed by atoms with E-state index in [4.69, 9.17) is 15.2 Å². The van der Waals surface area contributed by atoms with Gasteiger partial charge in [-0.1, -0.05) is 6.07 Å². The molecule has 7 nitrogen and oxygen atoms in total. The van der Waals surface area contributed by atoms with E-state index >= 15 is 0 Å². The second-order valence-electron chi connectivity index (χ2n) is 4.92. The first-order valence-electron chi connectivity index (χ1n) is 6.47. The second-order valence-corrected chi connectivity index (χ2v) is 4.92. The van der Waals surface area contributed by atoms with Crippen molar-refractivity contribution in [1.82, 2.24) is 14.7 Å². The van der Waals surface area contributed by atoms with Crippen LogP contribution in [0.15, 0.2) is 24.4 Å². The van der Waals surface area contributed by atoms with E-state index in [9.17, 15) is 4.79 Å². The van der Waals surface area contributed by atoms with Gasteiger partial charge in [-0.15, -0.1) is 0 Å². The number of anilines is 1. The number of aryl methyl sites for hydroxylation is 1. The molecule has 0 bridgehead atoms. The van der Waals surface area contributed by atoms with E-state index in [1.165, 1.54) is 10.9 Å². The van der Waals surface area contributed by atoms with Crippen molar-refractivity contribution in [3.05, 3.63) is 35.7 Å². The fourth-order valence-electron chi connectivity index (χ4n) is 2.28. The molecule has 0 fully saturated rings. The number of nitrogen functional groups attached to an aromatic ring is 1. The summed E-state index contributed by atoms with van der Waals surface area (Å²) in [4.78, 5) is 14.0. The van der Waals surface area contributed by atoms with Gasteiger partial charge in [0.25, 0.3) is 5.91 Å². The van der Waals surface area contributed by atoms with Gasteiger partial charge in [0.1, 0.15) is 5.69 Å². The summed E-state index contributed by atoms with van der Waals surface area (Å²) in [5.41, 5.74) is 7.50. The Morgan fingerprint density at radius 2 is 2.19 bits per heavy atom. The molecule has 2 heterocycles. The van der Waals surface area contributed by atoms with Gasteiger partial charge in [0.05, 0.1) is 11.9 Å². The third-order valence-corrected chi connectivity index (χ3v) is 3.37. The quantitative estimate of drug-likeness (QED) is 0.911. The standard InChI is InChI=1S/C14H16N4O3/c1-17(14(19)13-10(15)6-16-18(13)2)7-9-3-4-11-12(5-9)21-8-20-11/h3-6H,7-8,15H2,1-2H3. The number of ether oxygens (including phenoxy) is 2. The summed E-state index contributed by atoms with van der Waals surface area (Å²) >= 11 is 0. The van der Waals surface area contributed by atoms with Crippen molar-refractivity contribution in [2.75, 3.05) is 19.6 Å². The zero-order chi connectivity index (χ0) is 15.0. The van der Waals surface area contributed by atoms with Crippen molar-refractivity contribution in [2.24, 2.45) is 7.05 Å². The Morgan fingerprint density at radius 3 is 2.90 bits per heavy atom. The summed E-state index contributed by atoms with van der Waals surface area (Å²) in [5.74, 6) is 1.25. The molecule has 1 aliphatic heterocycles. The van der Waals surface area contributed by atoms with Gasteiger partial charge < -0.3 is 20.1 Å². The van der Waals surface area contributed by atoms with Crippen LogP contribution in [0.25, 0.3) is 0 Å². The molecular formula is C14H16N4O3. The average molecular weight is 288 g/mol. The van der Waals surface area contributed by atoms with E-state index in [0.717, 1.165) is 11.3 Å². The first kappa shape index (κ1) is 13.3.